The van der Waals surface area contributed by atoms with E-state index in [4.69, 9.17) is 10.5 Å². The third kappa shape index (κ3) is 5.67. The first kappa shape index (κ1) is 18.0. The minimum absolute atomic E-state index is 0.0784. The first-order valence-corrected chi connectivity index (χ1v) is 8.26. The van der Waals surface area contributed by atoms with Crippen LogP contribution in [0, 0.1) is 0 Å². The molecule has 0 aromatic heterocycles. The molecular formula is C16H25BrN2O2. The summed E-state index contributed by atoms with van der Waals surface area (Å²) in [5, 5.41) is 3.00. The van der Waals surface area contributed by atoms with E-state index in [1.54, 1.807) is 6.92 Å². The van der Waals surface area contributed by atoms with Crippen LogP contribution in [-0.4, -0.2) is 24.6 Å². The number of carbonyl (C=O) groups is 1. The number of hydrogen-bond donors (Lipinski definition) is 2. The van der Waals surface area contributed by atoms with E-state index >= 15 is 0 Å². The Hall–Kier alpha value is -1.07. The zero-order valence-electron chi connectivity index (χ0n) is 13.0. The molecule has 0 radical (unpaired) electrons. The van der Waals surface area contributed by atoms with Crippen molar-refractivity contribution in [3.05, 3.63) is 28.2 Å². The Morgan fingerprint density at radius 1 is 1.38 bits per heavy atom. The van der Waals surface area contributed by atoms with Crippen LogP contribution in [0.1, 0.15) is 39.2 Å². The molecular weight excluding hydrogens is 332 g/mol. The van der Waals surface area contributed by atoms with Gasteiger partial charge in [0.25, 0.3) is 5.91 Å². The normalized spacial score (nSPS) is 12.3. The van der Waals surface area contributed by atoms with Gasteiger partial charge in [0.15, 0.2) is 6.10 Å². The van der Waals surface area contributed by atoms with Crippen LogP contribution in [0.25, 0.3) is 0 Å². The molecule has 1 aromatic rings. The number of ether oxygens (including phenoxy) is 1. The Kier molecular flexibility index (Phi) is 7.75. The third-order valence-corrected chi connectivity index (χ3v) is 3.93. The van der Waals surface area contributed by atoms with Crippen LogP contribution in [0.4, 0.5) is 0 Å². The number of benzene rings is 1. The second kappa shape index (κ2) is 9.05. The highest BCUT2D eigenvalue weighted by molar-refractivity contribution is 9.10. The van der Waals surface area contributed by atoms with E-state index in [2.05, 4.69) is 35.1 Å². The summed E-state index contributed by atoms with van der Waals surface area (Å²) in [5.41, 5.74) is 6.63. The summed E-state index contributed by atoms with van der Waals surface area (Å²) in [7, 11) is 0. The monoisotopic (exact) mass is 356 g/mol. The molecule has 118 valence electrons. The predicted molar refractivity (Wildman–Crippen MR) is 89.5 cm³/mol. The van der Waals surface area contributed by atoms with Crippen LogP contribution in [0.5, 0.6) is 5.75 Å². The lowest BCUT2D eigenvalue weighted by Crippen LogP contribution is -2.42. The lowest BCUT2D eigenvalue weighted by atomic mass is 10.1. The molecule has 1 rings (SSSR count). The molecule has 5 heteroatoms. The fraction of sp³-hybridized carbons (Fsp3) is 0.562. The largest absolute Gasteiger partial charge is 0.481 e. The van der Waals surface area contributed by atoms with Gasteiger partial charge in [-0.15, -0.1) is 0 Å². The summed E-state index contributed by atoms with van der Waals surface area (Å²) in [4.78, 5) is 12.1. The first-order chi connectivity index (χ1) is 10.0. The van der Waals surface area contributed by atoms with Gasteiger partial charge in [-0.05, 0) is 56.5 Å². The average molecular weight is 357 g/mol. The highest BCUT2D eigenvalue weighted by Crippen LogP contribution is 2.24. The highest BCUT2D eigenvalue weighted by atomic mass is 79.9. The van der Waals surface area contributed by atoms with Crippen molar-refractivity contribution in [3.8, 4) is 5.75 Å². The second-order valence-corrected chi connectivity index (χ2v) is 5.99. The maximum atomic E-state index is 12.1. The molecule has 0 aliphatic heterocycles. The summed E-state index contributed by atoms with van der Waals surface area (Å²) in [6, 6.07) is 5.96. The lowest BCUT2D eigenvalue weighted by molar-refractivity contribution is -0.128. The van der Waals surface area contributed by atoms with Crippen LogP contribution in [-0.2, 0) is 11.2 Å². The minimum atomic E-state index is -0.525. The van der Waals surface area contributed by atoms with Crippen molar-refractivity contribution in [1.82, 2.24) is 5.32 Å². The smallest absolute Gasteiger partial charge is 0.260 e. The van der Waals surface area contributed by atoms with Crippen LogP contribution < -0.4 is 15.8 Å². The van der Waals surface area contributed by atoms with E-state index in [1.807, 2.05) is 18.2 Å². The molecule has 1 aromatic carbocycles. The van der Waals surface area contributed by atoms with Gasteiger partial charge in [-0.25, -0.2) is 0 Å². The van der Waals surface area contributed by atoms with Crippen LogP contribution in [0.15, 0.2) is 22.7 Å². The molecule has 3 N–H and O–H groups in total. The van der Waals surface area contributed by atoms with Gasteiger partial charge in [0, 0.05) is 10.5 Å². The van der Waals surface area contributed by atoms with Gasteiger partial charge in [-0.3, -0.25) is 4.79 Å². The van der Waals surface area contributed by atoms with E-state index in [1.165, 1.54) is 0 Å². The van der Waals surface area contributed by atoms with E-state index in [-0.39, 0.29) is 11.9 Å². The van der Waals surface area contributed by atoms with Crippen molar-refractivity contribution in [3.63, 3.8) is 0 Å². The Balaban J connectivity index is 2.73. The summed E-state index contributed by atoms with van der Waals surface area (Å²) in [5.74, 6) is 0.640. The molecule has 0 heterocycles. The SMILES string of the molecule is CCC(CC)NC(=O)C(C)Oc1ccc(Br)cc1CCN. The van der Waals surface area contributed by atoms with Crippen LogP contribution in [0.3, 0.4) is 0 Å². The molecule has 4 nitrogen and oxygen atoms in total. The average Bonchev–Trinajstić information content (AvgIpc) is 2.47. The maximum Gasteiger partial charge on any atom is 0.260 e. The van der Waals surface area contributed by atoms with Crippen molar-refractivity contribution in [2.45, 2.75) is 52.2 Å². The second-order valence-electron chi connectivity index (χ2n) is 5.07. The fourth-order valence-electron chi connectivity index (χ4n) is 2.07. The van der Waals surface area contributed by atoms with Gasteiger partial charge < -0.3 is 15.8 Å². The Morgan fingerprint density at radius 3 is 2.62 bits per heavy atom. The molecule has 0 aliphatic carbocycles. The van der Waals surface area contributed by atoms with E-state index in [9.17, 15) is 4.79 Å². The lowest BCUT2D eigenvalue weighted by Gasteiger charge is -2.20. The number of hydrogen-bond acceptors (Lipinski definition) is 3. The predicted octanol–water partition coefficient (Wildman–Crippen LogP) is 3.02. The Labute approximate surface area is 135 Å². The van der Waals surface area contributed by atoms with Gasteiger partial charge in [-0.2, -0.15) is 0 Å². The van der Waals surface area contributed by atoms with Crippen LogP contribution >= 0.6 is 15.9 Å². The fourth-order valence-corrected chi connectivity index (χ4v) is 2.48. The minimum Gasteiger partial charge on any atom is -0.481 e. The molecule has 0 saturated carbocycles. The number of nitrogens with one attached hydrogen (secondary N) is 1. The topological polar surface area (TPSA) is 64.3 Å². The summed E-state index contributed by atoms with van der Waals surface area (Å²) in [6.07, 6.45) is 2.04. The van der Waals surface area contributed by atoms with Crippen molar-refractivity contribution in [2.75, 3.05) is 6.54 Å². The number of carbonyl (C=O) groups excluding carboxylic acids is 1. The number of amides is 1. The molecule has 0 saturated heterocycles. The molecule has 0 spiro atoms. The Bertz CT molecular complexity index is 462. The van der Waals surface area contributed by atoms with Gasteiger partial charge >= 0.3 is 0 Å². The molecule has 1 atom stereocenters. The van der Waals surface area contributed by atoms with Crippen molar-refractivity contribution >= 4 is 21.8 Å². The van der Waals surface area contributed by atoms with E-state index in [0.717, 1.165) is 35.0 Å². The summed E-state index contributed by atoms with van der Waals surface area (Å²) in [6.45, 7) is 6.44. The summed E-state index contributed by atoms with van der Waals surface area (Å²) < 4.78 is 6.80. The van der Waals surface area contributed by atoms with E-state index in [0.29, 0.717) is 6.54 Å². The zero-order valence-corrected chi connectivity index (χ0v) is 14.6. The van der Waals surface area contributed by atoms with Gasteiger partial charge in [0.2, 0.25) is 0 Å². The van der Waals surface area contributed by atoms with Crippen LogP contribution in [0.2, 0.25) is 0 Å². The van der Waals surface area contributed by atoms with Crippen molar-refractivity contribution in [1.29, 1.82) is 0 Å². The number of halogens is 1. The summed E-state index contributed by atoms with van der Waals surface area (Å²) >= 11 is 3.44. The number of nitrogens with two attached hydrogens (primary N) is 1. The van der Waals surface area contributed by atoms with Gasteiger partial charge in [-0.1, -0.05) is 29.8 Å². The van der Waals surface area contributed by atoms with Gasteiger partial charge in [0.05, 0.1) is 0 Å². The molecule has 1 unspecified atom stereocenters. The highest BCUT2D eigenvalue weighted by Gasteiger charge is 2.18. The Morgan fingerprint density at radius 2 is 2.05 bits per heavy atom. The van der Waals surface area contributed by atoms with Crippen molar-refractivity contribution in [2.24, 2.45) is 5.73 Å². The van der Waals surface area contributed by atoms with Gasteiger partial charge in [0.1, 0.15) is 5.75 Å². The molecule has 0 bridgehead atoms. The maximum absolute atomic E-state index is 12.1. The number of rotatable bonds is 8. The van der Waals surface area contributed by atoms with E-state index < -0.39 is 6.10 Å². The quantitative estimate of drug-likeness (QED) is 0.752. The molecule has 21 heavy (non-hydrogen) atoms. The third-order valence-electron chi connectivity index (χ3n) is 3.44. The standard InChI is InChI=1S/C16H25BrN2O2/c1-4-14(5-2)19-16(20)11(3)21-15-7-6-13(17)10-12(15)8-9-18/h6-7,10-11,14H,4-5,8-9,18H2,1-3H3,(H,19,20). The molecule has 1 amide bonds. The first-order valence-electron chi connectivity index (χ1n) is 7.47. The van der Waals surface area contributed by atoms with Crippen molar-refractivity contribution < 1.29 is 9.53 Å². The molecule has 0 aliphatic rings. The molecule has 0 fully saturated rings. The zero-order chi connectivity index (χ0) is 15.8.